The molecule has 130 valence electrons. The van der Waals surface area contributed by atoms with Gasteiger partial charge in [-0.1, -0.05) is 35.9 Å². The molecule has 3 amide bonds. The molecule has 1 aliphatic rings. The maximum absolute atomic E-state index is 13.5. The average Bonchev–Trinajstić information content (AvgIpc) is 2.95. The normalized spacial score (nSPS) is 14.1. The van der Waals surface area contributed by atoms with Gasteiger partial charge in [0.15, 0.2) is 0 Å². The zero-order valence-corrected chi connectivity index (χ0v) is 14.2. The van der Waals surface area contributed by atoms with Crippen molar-refractivity contribution >= 4 is 29.2 Å². The fourth-order valence-corrected chi connectivity index (χ4v) is 2.86. The molecule has 7 heteroatoms. The fourth-order valence-electron chi connectivity index (χ4n) is 2.68. The molecule has 0 bridgehead atoms. The number of rotatable bonds is 5. The molecule has 0 aromatic heterocycles. The number of carbonyl (C=O) groups excluding carboxylic acids is 2. The lowest BCUT2D eigenvalue weighted by Crippen LogP contribution is -2.39. The van der Waals surface area contributed by atoms with Gasteiger partial charge in [-0.3, -0.25) is 9.69 Å². The van der Waals surface area contributed by atoms with E-state index < -0.39 is 0 Å². The number of nitrogens with one attached hydrogen (secondary N) is 1. The van der Waals surface area contributed by atoms with Crippen LogP contribution in [0.5, 0.6) is 0 Å². The molecule has 1 heterocycles. The highest BCUT2D eigenvalue weighted by Gasteiger charge is 2.30. The van der Waals surface area contributed by atoms with E-state index in [-0.39, 0.29) is 30.8 Å². The summed E-state index contributed by atoms with van der Waals surface area (Å²) in [5.74, 6) is -0.697. The van der Waals surface area contributed by atoms with Crippen molar-refractivity contribution in [1.29, 1.82) is 0 Å². The Labute approximate surface area is 150 Å². The molecule has 1 fully saturated rings. The second kappa shape index (κ2) is 7.53. The van der Waals surface area contributed by atoms with Crippen LogP contribution in [-0.2, 0) is 11.3 Å². The Kier molecular flexibility index (Phi) is 5.19. The van der Waals surface area contributed by atoms with Crippen molar-refractivity contribution in [1.82, 2.24) is 10.2 Å². The SMILES string of the molecule is O=C(CN1CCN(c2cccc(Cl)c2)C1=O)NCc1ccccc1F. The minimum atomic E-state index is -0.368. The van der Waals surface area contributed by atoms with Crippen LogP contribution in [0.4, 0.5) is 14.9 Å². The van der Waals surface area contributed by atoms with E-state index in [1.807, 2.05) is 0 Å². The minimum Gasteiger partial charge on any atom is -0.350 e. The van der Waals surface area contributed by atoms with Crippen LogP contribution in [0.1, 0.15) is 5.56 Å². The quantitative estimate of drug-likeness (QED) is 0.890. The maximum Gasteiger partial charge on any atom is 0.325 e. The summed E-state index contributed by atoms with van der Waals surface area (Å²) in [4.78, 5) is 27.5. The molecule has 1 saturated heterocycles. The number of halogens is 2. The Hall–Kier alpha value is -2.60. The number of hydrogen-bond acceptors (Lipinski definition) is 2. The highest BCUT2D eigenvalue weighted by molar-refractivity contribution is 6.30. The van der Waals surface area contributed by atoms with Gasteiger partial charge in [0, 0.05) is 35.9 Å². The Morgan fingerprint density at radius 1 is 1.16 bits per heavy atom. The van der Waals surface area contributed by atoms with Crippen LogP contribution in [0.15, 0.2) is 48.5 Å². The van der Waals surface area contributed by atoms with Crippen LogP contribution in [0.3, 0.4) is 0 Å². The van der Waals surface area contributed by atoms with Gasteiger partial charge in [0.1, 0.15) is 12.4 Å². The van der Waals surface area contributed by atoms with E-state index in [1.54, 1.807) is 47.4 Å². The standard InChI is InChI=1S/C18H17ClFN3O2/c19-14-5-3-6-15(10-14)23-9-8-22(18(23)25)12-17(24)21-11-13-4-1-2-7-16(13)20/h1-7,10H,8-9,11-12H2,(H,21,24). The van der Waals surface area contributed by atoms with E-state index in [4.69, 9.17) is 11.6 Å². The second-order valence-corrected chi connectivity index (χ2v) is 6.14. The van der Waals surface area contributed by atoms with E-state index in [0.29, 0.717) is 29.4 Å². The second-order valence-electron chi connectivity index (χ2n) is 5.70. The predicted molar refractivity (Wildman–Crippen MR) is 94.0 cm³/mol. The molecule has 0 aliphatic carbocycles. The predicted octanol–water partition coefficient (Wildman–Crippen LogP) is 3.04. The number of anilines is 1. The third-order valence-corrected chi connectivity index (χ3v) is 4.22. The molecule has 0 spiro atoms. The first-order valence-electron chi connectivity index (χ1n) is 7.87. The third-order valence-electron chi connectivity index (χ3n) is 3.98. The summed E-state index contributed by atoms with van der Waals surface area (Å²) in [5.41, 5.74) is 1.11. The Morgan fingerprint density at radius 2 is 1.96 bits per heavy atom. The van der Waals surface area contributed by atoms with Crippen molar-refractivity contribution in [3.8, 4) is 0 Å². The number of urea groups is 1. The molecule has 0 atom stereocenters. The van der Waals surface area contributed by atoms with Crippen molar-refractivity contribution in [2.24, 2.45) is 0 Å². The van der Waals surface area contributed by atoms with Gasteiger partial charge in [-0.05, 0) is 24.3 Å². The molecule has 25 heavy (non-hydrogen) atoms. The molecule has 1 N–H and O–H groups in total. The molecule has 0 radical (unpaired) electrons. The van der Waals surface area contributed by atoms with Gasteiger partial charge >= 0.3 is 6.03 Å². The molecule has 0 saturated carbocycles. The van der Waals surface area contributed by atoms with Crippen molar-refractivity contribution in [3.05, 3.63) is 64.9 Å². The maximum atomic E-state index is 13.5. The summed E-state index contributed by atoms with van der Waals surface area (Å²) in [5, 5.41) is 3.19. The minimum absolute atomic E-state index is 0.0651. The lowest BCUT2D eigenvalue weighted by molar-refractivity contribution is -0.121. The molecule has 0 unspecified atom stereocenters. The van der Waals surface area contributed by atoms with Gasteiger partial charge in [-0.25, -0.2) is 9.18 Å². The number of carbonyl (C=O) groups is 2. The van der Waals surface area contributed by atoms with Gasteiger partial charge in [-0.2, -0.15) is 0 Å². The average molecular weight is 362 g/mol. The monoisotopic (exact) mass is 361 g/mol. The summed E-state index contributed by atoms with van der Waals surface area (Å²) < 4.78 is 13.5. The van der Waals surface area contributed by atoms with E-state index in [9.17, 15) is 14.0 Å². The van der Waals surface area contributed by atoms with Crippen LogP contribution in [0.2, 0.25) is 5.02 Å². The molecule has 5 nitrogen and oxygen atoms in total. The number of nitrogens with zero attached hydrogens (tertiary/aromatic N) is 2. The van der Waals surface area contributed by atoms with Gasteiger partial charge in [0.05, 0.1) is 0 Å². The topological polar surface area (TPSA) is 52.7 Å². The Bertz CT molecular complexity index is 799. The van der Waals surface area contributed by atoms with E-state index >= 15 is 0 Å². The fraction of sp³-hybridized carbons (Fsp3) is 0.222. The van der Waals surface area contributed by atoms with Crippen LogP contribution in [0.25, 0.3) is 0 Å². The van der Waals surface area contributed by atoms with E-state index in [2.05, 4.69) is 5.32 Å². The van der Waals surface area contributed by atoms with E-state index in [1.165, 1.54) is 11.0 Å². The number of benzene rings is 2. The lowest BCUT2D eigenvalue weighted by Gasteiger charge is -2.18. The van der Waals surface area contributed by atoms with Crippen LogP contribution >= 0.6 is 11.6 Å². The van der Waals surface area contributed by atoms with Crippen molar-refractivity contribution in [2.75, 3.05) is 24.5 Å². The zero-order chi connectivity index (χ0) is 17.8. The molecule has 1 aliphatic heterocycles. The van der Waals surface area contributed by atoms with Crippen LogP contribution < -0.4 is 10.2 Å². The first-order chi connectivity index (χ1) is 12.0. The summed E-state index contributed by atoms with van der Waals surface area (Å²) in [7, 11) is 0. The lowest BCUT2D eigenvalue weighted by atomic mass is 10.2. The van der Waals surface area contributed by atoms with Gasteiger partial charge < -0.3 is 10.2 Å². The number of amides is 3. The smallest absolute Gasteiger partial charge is 0.325 e. The van der Waals surface area contributed by atoms with Crippen molar-refractivity contribution in [2.45, 2.75) is 6.54 Å². The van der Waals surface area contributed by atoms with Gasteiger partial charge in [-0.15, -0.1) is 0 Å². The zero-order valence-electron chi connectivity index (χ0n) is 13.4. The summed E-state index contributed by atoms with van der Waals surface area (Å²) in [6.07, 6.45) is 0. The molecule has 3 rings (SSSR count). The first kappa shape index (κ1) is 17.2. The third kappa shape index (κ3) is 4.09. The molecular weight excluding hydrogens is 345 g/mol. The Morgan fingerprint density at radius 3 is 2.72 bits per heavy atom. The first-order valence-corrected chi connectivity index (χ1v) is 8.24. The summed E-state index contributed by atoms with van der Waals surface area (Å²) >= 11 is 5.96. The highest BCUT2D eigenvalue weighted by Crippen LogP contribution is 2.23. The molecular formula is C18H17ClFN3O2. The highest BCUT2D eigenvalue weighted by atomic mass is 35.5. The summed E-state index contributed by atoms with van der Waals surface area (Å²) in [6, 6.07) is 13.0. The van der Waals surface area contributed by atoms with E-state index in [0.717, 1.165) is 0 Å². The van der Waals surface area contributed by atoms with Gasteiger partial charge in [0.25, 0.3) is 0 Å². The van der Waals surface area contributed by atoms with Gasteiger partial charge in [0.2, 0.25) is 5.91 Å². The van der Waals surface area contributed by atoms with Crippen LogP contribution in [-0.4, -0.2) is 36.5 Å². The van der Waals surface area contributed by atoms with Crippen LogP contribution in [0, 0.1) is 5.82 Å². The molecule has 2 aromatic carbocycles. The van der Waals surface area contributed by atoms with Crippen molar-refractivity contribution < 1.29 is 14.0 Å². The molecule has 2 aromatic rings. The van der Waals surface area contributed by atoms with Crippen molar-refractivity contribution in [3.63, 3.8) is 0 Å². The Balaban J connectivity index is 1.56. The largest absolute Gasteiger partial charge is 0.350 e. The summed E-state index contributed by atoms with van der Waals surface area (Å²) in [6.45, 7) is 0.953. The number of hydrogen-bond donors (Lipinski definition) is 1.